The molecule has 0 aliphatic heterocycles. The first-order chi connectivity index (χ1) is 10.2. The molecule has 116 valence electrons. The van der Waals surface area contributed by atoms with Gasteiger partial charge in [0.25, 0.3) is 0 Å². The number of hydrogen-bond donors (Lipinski definition) is 0. The maximum Gasteiger partial charge on any atom is 0.314 e. The Morgan fingerprint density at radius 1 is 1.24 bits per heavy atom. The maximum absolute atomic E-state index is 12.1. The summed E-state index contributed by atoms with van der Waals surface area (Å²) in [4.78, 5) is 14.4. The van der Waals surface area contributed by atoms with Crippen molar-refractivity contribution in [3.05, 3.63) is 35.9 Å². The van der Waals surface area contributed by atoms with Crippen LogP contribution in [0.1, 0.15) is 43.6 Å². The Kier molecular flexibility index (Phi) is 6.24. The summed E-state index contributed by atoms with van der Waals surface area (Å²) in [5.74, 6) is 0.458. The molecule has 0 spiro atoms. The molecule has 1 aromatic rings. The van der Waals surface area contributed by atoms with E-state index in [1.807, 2.05) is 30.3 Å². The van der Waals surface area contributed by atoms with E-state index in [9.17, 15) is 4.79 Å². The van der Waals surface area contributed by atoms with E-state index in [-0.39, 0.29) is 11.9 Å². The third-order valence-corrected chi connectivity index (χ3v) is 4.48. The Morgan fingerprint density at radius 3 is 2.52 bits per heavy atom. The van der Waals surface area contributed by atoms with Crippen LogP contribution in [0.2, 0.25) is 0 Å². The minimum Gasteiger partial charge on any atom is -0.469 e. The van der Waals surface area contributed by atoms with E-state index < -0.39 is 0 Å². The lowest BCUT2D eigenvalue weighted by Crippen LogP contribution is -2.33. The van der Waals surface area contributed by atoms with E-state index in [1.54, 1.807) is 0 Å². The average molecular weight is 289 g/mol. The molecule has 0 saturated heterocycles. The van der Waals surface area contributed by atoms with Crippen molar-refractivity contribution in [2.45, 2.75) is 38.0 Å². The fraction of sp³-hybridized carbons (Fsp3) is 0.611. The molecule has 0 N–H and O–H groups in total. The molecular formula is C18H27NO2. The highest BCUT2D eigenvalue weighted by atomic mass is 16.5. The highest BCUT2D eigenvalue weighted by molar-refractivity contribution is 5.78. The van der Waals surface area contributed by atoms with Crippen LogP contribution in [0.15, 0.2) is 30.3 Å². The molecule has 1 aliphatic carbocycles. The SMILES string of the molecule is COC(=O)C(CN(C)CC1CCCCC1)c1ccccc1. The number of benzene rings is 1. The molecule has 0 radical (unpaired) electrons. The Labute approximate surface area is 128 Å². The van der Waals surface area contributed by atoms with Crippen LogP contribution < -0.4 is 0 Å². The second-order valence-electron chi connectivity index (χ2n) is 6.21. The number of hydrogen-bond acceptors (Lipinski definition) is 3. The van der Waals surface area contributed by atoms with Crippen LogP contribution in [0.4, 0.5) is 0 Å². The summed E-state index contributed by atoms with van der Waals surface area (Å²) in [5.41, 5.74) is 1.04. The maximum atomic E-state index is 12.1. The van der Waals surface area contributed by atoms with Crippen molar-refractivity contribution in [1.82, 2.24) is 4.90 Å². The van der Waals surface area contributed by atoms with E-state index in [4.69, 9.17) is 4.74 Å². The fourth-order valence-corrected chi connectivity index (χ4v) is 3.34. The van der Waals surface area contributed by atoms with Crippen molar-refractivity contribution in [2.24, 2.45) is 5.92 Å². The van der Waals surface area contributed by atoms with Crippen molar-refractivity contribution in [1.29, 1.82) is 0 Å². The molecule has 1 fully saturated rings. The molecule has 1 unspecified atom stereocenters. The van der Waals surface area contributed by atoms with E-state index in [0.29, 0.717) is 0 Å². The second kappa shape index (κ2) is 8.18. The van der Waals surface area contributed by atoms with E-state index in [1.165, 1.54) is 39.2 Å². The number of rotatable bonds is 6. The molecule has 0 bridgehead atoms. The Morgan fingerprint density at radius 2 is 1.90 bits per heavy atom. The highest BCUT2D eigenvalue weighted by Gasteiger charge is 2.24. The summed E-state index contributed by atoms with van der Waals surface area (Å²) >= 11 is 0. The number of esters is 1. The fourth-order valence-electron chi connectivity index (χ4n) is 3.34. The smallest absolute Gasteiger partial charge is 0.314 e. The van der Waals surface area contributed by atoms with Gasteiger partial charge in [-0.15, -0.1) is 0 Å². The van der Waals surface area contributed by atoms with Crippen LogP contribution in [0.5, 0.6) is 0 Å². The third-order valence-electron chi connectivity index (χ3n) is 4.48. The third kappa shape index (κ3) is 4.85. The molecule has 1 atom stereocenters. The van der Waals surface area contributed by atoms with Crippen LogP contribution in [-0.2, 0) is 9.53 Å². The van der Waals surface area contributed by atoms with Gasteiger partial charge in [0.1, 0.15) is 0 Å². The van der Waals surface area contributed by atoms with Crippen molar-refractivity contribution in [3.63, 3.8) is 0 Å². The van der Waals surface area contributed by atoms with Gasteiger partial charge in [-0.05, 0) is 31.4 Å². The molecule has 3 heteroatoms. The first-order valence-electron chi connectivity index (χ1n) is 8.02. The molecule has 1 aromatic carbocycles. The number of ether oxygens (including phenoxy) is 1. The van der Waals surface area contributed by atoms with Crippen molar-refractivity contribution in [3.8, 4) is 0 Å². The summed E-state index contributed by atoms with van der Waals surface area (Å²) in [6, 6.07) is 9.95. The standard InChI is InChI=1S/C18H27NO2/c1-19(13-15-9-5-3-6-10-15)14-17(18(20)21-2)16-11-7-4-8-12-16/h4,7-8,11-12,15,17H,3,5-6,9-10,13-14H2,1-2H3. The zero-order valence-electron chi connectivity index (χ0n) is 13.3. The zero-order valence-corrected chi connectivity index (χ0v) is 13.3. The molecule has 0 amide bonds. The first kappa shape index (κ1) is 16.0. The van der Waals surface area contributed by atoms with Gasteiger partial charge in [0, 0.05) is 13.1 Å². The van der Waals surface area contributed by atoms with Gasteiger partial charge in [0.15, 0.2) is 0 Å². The van der Waals surface area contributed by atoms with Crippen LogP contribution in [0, 0.1) is 5.92 Å². The van der Waals surface area contributed by atoms with Crippen LogP contribution in [-0.4, -0.2) is 38.1 Å². The molecule has 21 heavy (non-hydrogen) atoms. The summed E-state index contributed by atoms with van der Waals surface area (Å²) in [7, 11) is 3.59. The second-order valence-corrected chi connectivity index (χ2v) is 6.21. The summed E-state index contributed by atoms with van der Waals surface area (Å²) in [5, 5.41) is 0. The quantitative estimate of drug-likeness (QED) is 0.751. The van der Waals surface area contributed by atoms with Gasteiger partial charge >= 0.3 is 5.97 Å². The molecule has 2 rings (SSSR count). The molecular weight excluding hydrogens is 262 g/mol. The topological polar surface area (TPSA) is 29.5 Å². The molecule has 3 nitrogen and oxygen atoms in total. The van der Waals surface area contributed by atoms with Gasteiger partial charge in [0.05, 0.1) is 13.0 Å². The Hall–Kier alpha value is -1.35. The molecule has 1 saturated carbocycles. The lowest BCUT2D eigenvalue weighted by Gasteiger charge is -2.29. The zero-order chi connectivity index (χ0) is 15.1. The van der Waals surface area contributed by atoms with Crippen LogP contribution in [0.25, 0.3) is 0 Å². The normalized spacial score (nSPS) is 17.7. The highest BCUT2D eigenvalue weighted by Crippen LogP contribution is 2.25. The average Bonchev–Trinajstić information content (AvgIpc) is 2.53. The van der Waals surface area contributed by atoms with Gasteiger partial charge in [-0.1, -0.05) is 49.6 Å². The van der Waals surface area contributed by atoms with E-state index >= 15 is 0 Å². The van der Waals surface area contributed by atoms with Crippen LogP contribution >= 0.6 is 0 Å². The molecule has 0 heterocycles. The lowest BCUT2D eigenvalue weighted by molar-refractivity contribution is -0.142. The van der Waals surface area contributed by atoms with Crippen molar-refractivity contribution in [2.75, 3.05) is 27.2 Å². The van der Waals surface area contributed by atoms with Gasteiger partial charge in [-0.3, -0.25) is 4.79 Å². The summed E-state index contributed by atoms with van der Waals surface area (Å²) < 4.78 is 4.99. The Balaban J connectivity index is 1.96. The largest absolute Gasteiger partial charge is 0.469 e. The van der Waals surface area contributed by atoms with Crippen molar-refractivity contribution >= 4 is 5.97 Å². The minimum absolute atomic E-state index is 0.142. The first-order valence-corrected chi connectivity index (χ1v) is 8.02. The van der Waals surface area contributed by atoms with Gasteiger partial charge in [-0.2, -0.15) is 0 Å². The lowest BCUT2D eigenvalue weighted by atomic mass is 9.88. The number of nitrogens with zero attached hydrogens (tertiary/aromatic N) is 1. The number of methoxy groups -OCH3 is 1. The monoisotopic (exact) mass is 289 g/mol. The molecule has 1 aliphatic rings. The van der Waals surface area contributed by atoms with Gasteiger partial charge in [0.2, 0.25) is 0 Å². The predicted octanol–water partition coefficient (Wildman–Crippen LogP) is 3.46. The van der Waals surface area contributed by atoms with E-state index in [0.717, 1.165) is 24.6 Å². The minimum atomic E-state index is -0.190. The Bertz CT molecular complexity index is 426. The summed E-state index contributed by atoms with van der Waals surface area (Å²) in [6.07, 6.45) is 6.77. The number of likely N-dealkylation sites (N-methyl/N-ethyl adjacent to an activating group) is 1. The number of carbonyl (C=O) groups is 1. The number of carbonyl (C=O) groups excluding carboxylic acids is 1. The van der Waals surface area contributed by atoms with Gasteiger partial charge in [-0.25, -0.2) is 0 Å². The summed E-state index contributed by atoms with van der Waals surface area (Å²) in [6.45, 7) is 1.81. The van der Waals surface area contributed by atoms with E-state index in [2.05, 4.69) is 11.9 Å². The molecule has 0 aromatic heterocycles. The van der Waals surface area contributed by atoms with Crippen molar-refractivity contribution < 1.29 is 9.53 Å². The predicted molar refractivity (Wildman–Crippen MR) is 85.3 cm³/mol. The van der Waals surface area contributed by atoms with Crippen LogP contribution in [0.3, 0.4) is 0 Å². The van der Waals surface area contributed by atoms with Gasteiger partial charge < -0.3 is 9.64 Å².